The van der Waals surface area contributed by atoms with Crippen LogP contribution in [0.5, 0.6) is 0 Å². The third-order valence-electron chi connectivity index (χ3n) is 2.79. The van der Waals surface area contributed by atoms with Gasteiger partial charge >= 0.3 is 0 Å². The summed E-state index contributed by atoms with van der Waals surface area (Å²) in [6, 6.07) is 7.60. The third kappa shape index (κ3) is 4.06. The summed E-state index contributed by atoms with van der Waals surface area (Å²) in [5, 5.41) is 11.7. The lowest BCUT2D eigenvalue weighted by Gasteiger charge is -2.18. The summed E-state index contributed by atoms with van der Waals surface area (Å²) in [5.41, 5.74) is 2.45. The lowest BCUT2D eigenvalue weighted by molar-refractivity contribution is 0.0929. The molecule has 1 N–H and O–H groups in total. The predicted octanol–water partition coefficient (Wildman–Crippen LogP) is 3.09. The van der Waals surface area contributed by atoms with Gasteiger partial charge in [0.1, 0.15) is 5.54 Å². The maximum atomic E-state index is 12.2. The molecule has 0 spiro atoms. The van der Waals surface area contributed by atoms with E-state index in [2.05, 4.69) is 17.0 Å². The van der Waals surface area contributed by atoms with Crippen molar-refractivity contribution in [3.63, 3.8) is 0 Å². The Labute approximate surface area is 119 Å². The first-order valence-electron chi connectivity index (χ1n) is 6.27. The molecule has 1 aromatic carbocycles. The maximum absolute atomic E-state index is 12.2. The number of rotatable bonds is 4. The Morgan fingerprint density at radius 3 is 2.55 bits per heavy atom. The quantitative estimate of drug-likeness (QED) is 0.853. The van der Waals surface area contributed by atoms with E-state index in [9.17, 15) is 4.79 Å². The molecule has 0 aromatic heterocycles. The van der Waals surface area contributed by atoms with Crippen LogP contribution in [0.15, 0.2) is 29.4 Å². The number of aliphatic imine (C=N–C) groups is 1. The minimum absolute atomic E-state index is 0.263. The second-order valence-electron chi connectivity index (χ2n) is 5.27. The van der Waals surface area contributed by atoms with Crippen LogP contribution in [0.3, 0.4) is 0 Å². The standard InChI is InChI=1S/C16H19N3O/c1-11-6-13(12(2)9-18-5)8-14(7-11)15(20)19-16(3,4)10-17/h6-9H,5H2,1-4H3,(H,19,20)/b12-9+. The van der Waals surface area contributed by atoms with Crippen molar-refractivity contribution in [3.8, 4) is 6.07 Å². The van der Waals surface area contributed by atoms with Crippen molar-refractivity contribution in [1.82, 2.24) is 5.32 Å². The number of aryl methyl sites for hydroxylation is 1. The van der Waals surface area contributed by atoms with Gasteiger partial charge in [-0.25, -0.2) is 0 Å². The van der Waals surface area contributed by atoms with E-state index in [0.29, 0.717) is 5.56 Å². The van der Waals surface area contributed by atoms with E-state index in [-0.39, 0.29) is 5.91 Å². The summed E-state index contributed by atoms with van der Waals surface area (Å²) in [4.78, 5) is 15.9. The minimum atomic E-state index is -0.894. The molecule has 0 unspecified atom stereocenters. The number of amides is 1. The first-order chi connectivity index (χ1) is 9.29. The van der Waals surface area contributed by atoms with Crippen molar-refractivity contribution in [2.45, 2.75) is 33.2 Å². The zero-order chi connectivity index (χ0) is 15.3. The average Bonchev–Trinajstić information content (AvgIpc) is 2.37. The zero-order valence-corrected chi connectivity index (χ0v) is 12.3. The Kier molecular flexibility index (Phi) is 4.82. The molecule has 0 saturated heterocycles. The van der Waals surface area contributed by atoms with Gasteiger partial charge in [0.2, 0.25) is 0 Å². The highest BCUT2D eigenvalue weighted by molar-refractivity contribution is 5.96. The Morgan fingerprint density at radius 1 is 1.40 bits per heavy atom. The van der Waals surface area contributed by atoms with Gasteiger partial charge < -0.3 is 5.32 Å². The monoisotopic (exact) mass is 269 g/mol. The molecule has 1 amide bonds. The SMILES string of the molecule is C=N/C=C(\C)c1cc(C)cc(C(=O)NC(C)(C)C#N)c1. The normalized spacial score (nSPS) is 11.7. The molecule has 0 aliphatic heterocycles. The molecule has 4 nitrogen and oxygen atoms in total. The van der Waals surface area contributed by atoms with E-state index in [1.54, 1.807) is 32.2 Å². The molecule has 0 aliphatic rings. The summed E-state index contributed by atoms with van der Waals surface area (Å²) in [5.74, 6) is -0.263. The van der Waals surface area contributed by atoms with Gasteiger partial charge in [-0.3, -0.25) is 9.79 Å². The molecule has 0 radical (unpaired) electrons. The molecule has 0 atom stereocenters. The van der Waals surface area contributed by atoms with Crippen LogP contribution in [-0.4, -0.2) is 18.2 Å². The van der Waals surface area contributed by atoms with Crippen molar-refractivity contribution in [2.75, 3.05) is 0 Å². The van der Waals surface area contributed by atoms with Crippen LogP contribution >= 0.6 is 0 Å². The second-order valence-corrected chi connectivity index (χ2v) is 5.27. The molecule has 0 heterocycles. The molecule has 0 fully saturated rings. The zero-order valence-electron chi connectivity index (χ0n) is 12.3. The lowest BCUT2D eigenvalue weighted by atomic mass is 10.0. The van der Waals surface area contributed by atoms with Crippen molar-refractivity contribution < 1.29 is 4.79 Å². The van der Waals surface area contributed by atoms with Crippen LogP contribution in [-0.2, 0) is 0 Å². The summed E-state index contributed by atoms with van der Waals surface area (Å²) < 4.78 is 0. The number of nitrogens with one attached hydrogen (secondary N) is 1. The van der Waals surface area contributed by atoms with Gasteiger partial charge in [0.25, 0.3) is 5.91 Å². The molecular formula is C16H19N3O. The average molecular weight is 269 g/mol. The van der Waals surface area contributed by atoms with Crippen molar-refractivity contribution >= 4 is 18.2 Å². The molecule has 0 bridgehead atoms. The molecule has 1 rings (SSSR count). The first-order valence-corrected chi connectivity index (χ1v) is 6.27. The molecular weight excluding hydrogens is 250 g/mol. The van der Waals surface area contributed by atoms with Crippen LogP contribution in [0.1, 0.15) is 42.3 Å². The number of nitriles is 1. The van der Waals surface area contributed by atoms with Crippen LogP contribution in [0, 0.1) is 18.3 Å². The molecule has 20 heavy (non-hydrogen) atoms. The highest BCUT2D eigenvalue weighted by Gasteiger charge is 2.20. The number of benzene rings is 1. The number of nitrogens with zero attached hydrogens (tertiary/aromatic N) is 2. The summed E-state index contributed by atoms with van der Waals surface area (Å²) in [7, 11) is 0. The Morgan fingerprint density at radius 2 is 2.00 bits per heavy atom. The highest BCUT2D eigenvalue weighted by Crippen LogP contribution is 2.18. The van der Waals surface area contributed by atoms with Gasteiger partial charge in [0, 0.05) is 11.8 Å². The number of allylic oxidation sites excluding steroid dienone is 1. The molecule has 0 aliphatic carbocycles. The summed E-state index contributed by atoms with van der Waals surface area (Å²) in [6.45, 7) is 10.6. The maximum Gasteiger partial charge on any atom is 0.252 e. The van der Waals surface area contributed by atoms with Gasteiger partial charge in [0.05, 0.1) is 6.07 Å². The van der Waals surface area contributed by atoms with Gasteiger partial charge in [-0.05, 0) is 63.2 Å². The fourth-order valence-corrected chi connectivity index (χ4v) is 1.74. The predicted molar refractivity (Wildman–Crippen MR) is 81.5 cm³/mol. The molecule has 0 saturated carbocycles. The minimum Gasteiger partial charge on any atom is -0.334 e. The van der Waals surface area contributed by atoms with Crippen LogP contribution in [0.2, 0.25) is 0 Å². The fraction of sp³-hybridized carbons (Fsp3) is 0.312. The number of hydrogen-bond donors (Lipinski definition) is 1. The fourth-order valence-electron chi connectivity index (χ4n) is 1.74. The van der Waals surface area contributed by atoms with E-state index in [1.165, 1.54) is 0 Å². The summed E-state index contributed by atoms with van der Waals surface area (Å²) >= 11 is 0. The molecule has 4 heteroatoms. The van der Waals surface area contributed by atoms with Crippen molar-refractivity contribution in [2.24, 2.45) is 4.99 Å². The first kappa shape index (κ1) is 15.6. The molecule has 104 valence electrons. The van der Waals surface area contributed by atoms with E-state index in [1.807, 2.05) is 26.0 Å². The van der Waals surface area contributed by atoms with E-state index in [0.717, 1.165) is 16.7 Å². The Bertz CT molecular complexity index is 607. The largest absolute Gasteiger partial charge is 0.334 e. The van der Waals surface area contributed by atoms with E-state index < -0.39 is 5.54 Å². The number of carbonyl (C=O) groups is 1. The van der Waals surface area contributed by atoms with Crippen LogP contribution in [0.25, 0.3) is 5.57 Å². The van der Waals surface area contributed by atoms with Crippen molar-refractivity contribution in [1.29, 1.82) is 5.26 Å². The number of carbonyl (C=O) groups excluding carboxylic acids is 1. The van der Waals surface area contributed by atoms with Crippen LogP contribution < -0.4 is 5.32 Å². The third-order valence-corrected chi connectivity index (χ3v) is 2.79. The van der Waals surface area contributed by atoms with Gasteiger partial charge in [-0.2, -0.15) is 5.26 Å². The van der Waals surface area contributed by atoms with Gasteiger partial charge in [0.15, 0.2) is 0 Å². The van der Waals surface area contributed by atoms with Gasteiger partial charge in [-0.1, -0.05) is 6.07 Å². The Hall–Kier alpha value is -2.41. The molecule has 1 aromatic rings. The van der Waals surface area contributed by atoms with Gasteiger partial charge in [-0.15, -0.1) is 0 Å². The smallest absolute Gasteiger partial charge is 0.252 e. The second kappa shape index (κ2) is 6.16. The number of hydrogen-bond acceptors (Lipinski definition) is 3. The van der Waals surface area contributed by atoms with E-state index >= 15 is 0 Å². The summed E-state index contributed by atoms with van der Waals surface area (Å²) in [6.07, 6.45) is 1.65. The Balaban J connectivity index is 3.15. The van der Waals surface area contributed by atoms with Crippen molar-refractivity contribution in [3.05, 3.63) is 41.1 Å². The topological polar surface area (TPSA) is 65.2 Å². The highest BCUT2D eigenvalue weighted by atomic mass is 16.1. The van der Waals surface area contributed by atoms with E-state index in [4.69, 9.17) is 5.26 Å². The van der Waals surface area contributed by atoms with Crippen LogP contribution in [0.4, 0.5) is 0 Å². The lowest BCUT2D eigenvalue weighted by Crippen LogP contribution is -2.42.